The van der Waals surface area contributed by atoms with E-state index in [9.17, 15) is 0 Å². The van der Waals surface area contributed by atoms with Crippen LogP contribution in [0.4, 0.5) is 8.78 Å². The minimum Gasteiger partial charge on any atom is -0.312 e. The summed E-state index contributed by atoms with van der Waals surface area (Å²) in [4.78, 5) is 4.51. The molecule has 2 heterocycles. The molecule has 1 atom stereocenters. The summed E-state index contributed by atoms with van der Waals surface area (Å²) in [5.74, 6) is -2.42. The van der Waals surface area contributed by atoms with Gasteiger partial charge in [0.1, 0.15) is 0 Å². The molecule has 5 heteroatoms. The number of rotatable bonds is 8. The monoisotopic (exact) mass is 536 g/mol. The molecule has 2 nitrogen and oxygen atoms in total. The molecule has 1 aromatic carbocycles. The Morgan fingerprint density at radius 3 is 2.65 bits per heavy atom. The highest BCUT2D eigenvalue weighted by Crippen LogP contribution is 2.42. The second kappa shape index (κ2) is 9.16. The van der Waals surface area contributed by atoms with Crippen LogP contribution in [0, 0.1) is 11.3 Å². The smallest absolute Gasteiger partial charge is 0.273 e. The number of pyridine rings is 1. The van der Waals surface area contributed by atoms with Gasteiger partial charge in [0.25, 0.3) is 5.92 Å². The van der Waals surface area contributed by atoms with Gasteiger partial charge in [-0.2, -0.15) is 0 Å². The third-order valence-electron chi connectivity index (χ3n) is 7.18. The zero-order valence-corrected chi connectivity index (χ0v) is 20.5. The summed E-state index contributed by atoms with van der Waals surface area (Å²) in [6.07, 6.45) is 8.92. The largest absolute Gasteiger partial charge is 0.312 e. The Kier molecular flexibility index (Phi) is 6.71. The van der Waals surface area contributed by atoms with Gasteiger partial charge in [0.15, 0.2) is 0 Å². The Balaban J connectivity index is 1.78. The van der Waals surface area contributed by atoms with Crippen LogP contribution in [0.15, 0.2) is 30.5 Å². The number of benzene rings is 1. The topological polar surface area (TPSA) is 36.7 Å². The number of nitrogens with one attached hydrogen (secondary N) is 1. The Morgan fingerprint density at radius 2 is 1.94 bits per heavy atom. The van der Waals surface area contributed by atoms with Gasteiger partial charge in [-0.05, 0) is 57.7 Å². The van der Waals surface area contributed by atoms with Crippen LogP contribution in [-0.2, 0) is 15.8 Å². The summed E-state index contributed by atoms with van der Waals surface area (Å²) >= 11 is -0.0483. The lowest BCUT2D eigenvalue weighted by molar-refractivity contribution is -0.0191. The van der Waals surface area contributed by atoms with E-state index in [1.165, 1.54) is 19.1 Å². The first-order valence-electron chi connectivity index (χ1n) is 11.3. The lowest BCUT2D eigenvalue weighted by atomic mass is 9.78. The molecule has 1 aliphatic heterocycles. The molecule has 4 rings (SSSR count). The zero-order chi connectivity index (χ0) is 22.1. The van der Waals surface area contributed by atoms with Crippen molar-refractivity contribution in [2.75, 3.05) is 0 Å². The lowest BCUT2D eigenvalue weighted by Gasteiger charge is -2.27. The Morgan fingerprint density at radius 1 is 1.19 bits per heavy atom. The predicted octanol–water partition coefficient (Wildman–Crippen LogP) is 7.76. The average Bonchev–Trinajstić information content (AvgIpc) is 3.48. The van der Waals surface area contributed by atoms with Crippen molar-refractivity contribution in [3.8, 4) is 11.1 Å². The van der Waals surface area contributed by atoms with E-state index in [0.29, 0.717) is 18.8 Å². The molecule has 0 bridgehead atoms. The minimum absolute atomic E-state index is 0.0483. The van der Waals surface area contributed by atoms with Crippen LogP contribution in [0.25, 0.3) is 11.1 Å². The fourth-order valence-electron chi connectivity index (χ4n) is 4.73. The van der Waals surface area contributed by atoms with Crippen LogP contribution in [0.3, 0.4) is 0 Å². The van der Waals surface area contributed by atoms with Crippen LogP contribution >= 0.6 is 20.7 Å². The molecule has 1 N–H and O–H groups in total. The first-order chi connectivity index (χ1) is 14.9. The molecule has 1 unspecified atom stereocenters. The molecule has 2 aliphatic rings. The molecule has 1 fully saturated rings. The first-order valence-corrected chi connectivity index (χ1v) is 14.1. The molecule has 1 saturated carbocycles. The van der Waals surface area contributed by atoms with Crippen molar-refractivity contribution >= 4 is 31.0 Å². The lowest BCUT2D eigenvalue weighted by Crippen LogP contribution is -2.24. The number of halogens is 3. The standard InChI is InChI=1S/C26H31F2IN2/c1-3-25(2,17-30)20-12-19(22-9-11-31-24-16-29-15-23(22)24)13-21(14-20)26(27,28)10-8-18-6-4-5-7-18/h9,11-15,17-18,30H,3-8,10,16H2,1-2H3. The highest BCUT2D eigenvalue weighted by Gasteiger charge is 2.35. The molecule has 0 spiro atoms. The highest BCUT2D eigenvalue weighted by atomic mass is 127. The molecule has 31 heavy (non-hydrogen) atoms. The second-order valence-electron chi connectivity index (χ2n) is 9.22. The SMILES string of the molecule is CCC(C)(C=N)c1cc(-c2ccnc3c2C=IC3)cc(C(F)(F)CCC2CCCC2)c1. The number of hydrogen-bond donors (Lipinski definition) is 1. The van der Waals surface area contributed by atoms with E-state index >= 15 is 8.78 Å². The molecule has 0 saturated heterocycles. The van der Waals surface area contributed by atoms with Crippen molar-refractivity contribution in [2.24, 2.45) is 5.92 Å². The van der Waals surface area contributed by atoms with Crippen LogP contribution < -0.4 is 0 Å². The van der Waals surface area contributed by atoms with Crippen LogP contribution in [0.2, 0.25) is 0 Å². The van der Waals surface area contributed by atoms with Crippen LogP contribution in [0.5, 0.6) is 0 Å². The predicted molar refractivity (Wildman–Crippen MR) is 134 cm³/mol. The number of hydrogen-bond acceptors (Lipinski definition) is 2. The van der Waals surface area contributed by atoms with Crippen molar-refractivity contribution in [3.05, 3.63) is 52.8 Å². The van der Waals surface area contributed by atoms with E-state index in [4.69, 9.17) is 5.41 Å². The van der Waals surface area contributed by atoms with Crippen molar-refractivity contribution < 1.29 is 8.78 Å². The van der Waals surface area contributed by atoms with E-state index < -0.39 is 11.3 Å². The Hall–Kier alpha value is -1.50. The summed E-state index contributed by atoms with van der Waals surface area (Å²) in [5.41, 5.74) is 4.39. The van der Waals surface area contributed by atoms with Crippen molar-refractivity contribution in [3.63, 3.8) is 0 Å². The average molecular weight is 536 g/mol. The third kappa shape index (κ3) is 4.67. The summed E-state index contributed by atoms with van der Waals surface area (Å²) in [6, 6.07) is 7.33. The van der Waals surface area contributed by atoms with Gasteiger partial charge in [0.2, 0.25) is 0 Å². The van der Waals surface area contributed by atoms with Crippen molar-refractivity contribution in [1.82, 2.24) is 4.98 Å². The number of fused-ring (bicyclic) bond motifs is 1. The number of alkyl halides is 3. The van der Waals surface area contributed by atoms with Crippen LogP contribution in [0.1, 0.15) is 81.2 Å². The van der Waals surface area contributed by atoms with Crippen molar-refractivity contribution in [1.29, 1.82) is 5.41 Å². The quantitative estimate of drug-likeness (QED) is 0.209. The molecule has 166 valence electrons. The molecular weight excluding hydrogens is 505 g/mol. The van der Waals surface area contributed by atoms with Gasteiger partial charge in [0.05, 0.1) is 5.69 Å². The minimum atomic E-state index is -2.86. The summed E-state index contributed by atoms with van der Waals surface area (Å²) in [7, 11) is 0. The van der Waals surface area contributed by atoms with E-state index in [1.54, 1.807) is 18.3 Å². The van der Waals surface area contributed by atoms with Gasteiger partial charge in [0, 0.05) is 39.8 Å². The maximum atomic E-state index is 15.5. The highest BCUT2D eigenvalue weighted by molar-refractivity contribution is 14.2. The van der Waals surface area contributed by atoms with Gasteiger partial charge in [-0.25, -0.2) is 8.78 Å². The Bertz CT molecular complexity index is 995. The fourth-order valence-corrected chi connectivity index (χ4v) is 7.11. The van der Waals surface area contributed by atoms with E-state index in [-0.39, 0.29) is 32.7 Å². The van der Waals surface area contributed by atoms with Gasteiger partial charge in [-0.15, -0.1) is 20.7 Å². The molecule has 1 aromatic heterocycles. The fraction of sp³-hybridized carbons (Fsp3) is 0.500. The van der Waals surface area contributed by atoms with E-state index in [0.717, 1.165) is 45.2 Å². The third-order valence-corrected chi connectivity index (χ3v) is 9.41. The zero-order valence-electron chi connectivity index (χ0n) is 18.4. The maximum absolute atomic E-state index is 15.5. The normalized spacial score (nSPS) is 18.5. The molecular formula is C26H31F2IN2. The molecule has 0 amide bonds. The molecule has 1 aliphatic carbocycles. The van der Waals surface area contributed by atoms with E-state index in [2.05, 4.69) is 9.00 Å². The van der Waals surface area contributed by atoms with Gasteiger partial charge in [-0.1, -0.05) is 45.6 Å². The summed E-state index contributed by atoms with van der Waals surface area (Å²) in [6.45, 7) is 3.98. The molecule has 0 radical (unpaired) electrons. The number of nitrogens with zero attached hydrogens (tertiary/aromatic N) is 1. The number of aromatic nitrogens is 1. The van der Waals surface area contributed by atoms with Crippen molar-refractivity contribution in [2.45, 2.75) is 74.6 Å². The van der Waals surface area contributed by atoms with Gasteiger partial charge >= 0.3 is 0 Å². The Labute approximate surface area is 194 Å². The summed E-state index contributed by atoms with van der Waals surface area (Å²) < 4.78 is 34.3. The second-order valence-corrected chi connectivity index (χ2v) is 11.5. The van der Waals surface area contributed by atoms with Gasteiger partial charge < -0.3 is 5.41 Å². The molecule has 2 aromatic rings. The van der Waals surface area contributed by atoms with Crippen LogP contribution in [-0.4, -0.2) is 15.2 Å². The van der Waals surface area contributed by atoms with Gasteiger partial charge in [-0.3, -0.25) is 4.98 Å². The van der Waals surface area contributed by atoms with E-state index in [1.807, 2.05) is 26.0 Å². The first kappa shape index (κ1) is 22.7. The summed E-state index contributed by atoms with van der Waals surface area (Å²) in [5, 5.41) is 7.99. The maximum Gasteiger partial charge on any atom is 0.273 e.